The molecule has 2 atom stereocenters. The van der Waals surface area contributed by atoms with E-state index in [-0.39, 0.29) is 17.9 Å². The average molecular weight is 403 g/mol. The van der Waals surface area contributed by atoms with Crippen molar-refractivity contribution in [3.63, 3.8) is 0 Å². The number of rotatable bonds is 2. The summed E-state index contributed by atoms with van der Waals surface area (Å²) < 4.78 is 0. The van der Waals surface area contributed by atoms with E-state index in [1.165, 1.54) is 10.6 Å². The van der Waals surface area contributed by atoms with Crippen molar-refractivity contribution in [3.05, 3.63) is 106 Å². The molecule has 2 aliphatic heterocycles. The summed E-state index contributed by atoms with van der Waals surface area (Å²) in [6.07, 6.45) is 0.792. The Balaban J connectivity index is 1.65. The maximum absolute atomic E-state index is 13.6. The third kappa shape index (κ3) is 2.96. The van der Waals surface area contributed by atoms with Crippen LogP contribution in [0, 0.1) is 0 Å². The molecule has 1 saturated heterocycles. The normalized spacial score (nSPS) is 21.0. The first-order valence-corrected chi connectivity index (χ1v) is 10.1. The highest BCUT2D eigenvalue weighted by Gasteiger charge is 2.52. The van der Waals surface area contributed by atoms with Gasteiger partial charge in [0, 0.05) is 17.1 Å². The van der Waals surface area contributed by atoms with Crippen molar-refractivity contribution in [2.24, 2.45) is 0 Å². The molecule has 0 bridgehead atoms. The van der Waals surface area contributed by atoms with E-state index in [1.54, 1.807) is 18.2 Å². The van der Waals surface area contributed by atoms with Gasteiger partial charge >= 0.3 is 0 Å². The third-order valence-corrected chi connectivity index (χ3v) is 6.01. The minimum atomic E-state index is -0.484. The van der Waals surface area contributed by atoms with Crippen LogP contribution in [0.15, 0.2) is 78.9 Å². The van der Waals surface area contributed by atoms with E-state index in [0.29, 0.717) is 17.1 Å². The second-order valence-electron chi connectivity index (χ2n) is 7.41. The Bertz CT molecular complexity index is 1100. The molecule has 0 spiro atoms. The first-order valence-electron chi connectivity index (χ1n) is 9.68. The highest BCUT2D eigenvalue weighted by molar-refractivity contribution is 6.30. The van der Waals surface area contributed by atoms with E-state index in [2.05, 4.69) is 12.1 Å². The van der Waals surface area contributed by atoms with Crippen LogP contribution in [-0.2, 0) is 11.2 Å². The van der Waals surface area contributed by atoms with Crippen LogP contribution in [0.1, 0.15) is 39.0 Å². The van der Waals surface area contributed by atoms with E-state index >= 15 is 0 Å². The Morgan fingerprint density at radius 3 is 2.48 bits per heavy atom. The van der Waals surface area contributed by atoms with Crippen molar-refractivity contribution in [3.8, 4) is 0 Å². The summed E-state index contributed by atoms with van der Waals surface area (Å²) in [6.45, 7) is 0.614. The van der Waals surface area contributed by atoms with E-state index in [9.17, 15) is 9.59 Å². The van der Waals surface area contributed by atoms with Crippen LogP contribution in [0.3, 0.4) is 0 Å². The molecule has 0 N–H and O–H groups in total. The highest BCUT2D eigenvalue weighted by atomic mass is 35.5. The number of fused-ring (bicyclic) bond motifs is 3. The van der Waals surface area contributed by atoms with Crippen LogP contribution in [0.25, 0.3) is 0 Å². The van der Waals surface area contributed by atoms with Gasteiger partial charge in [-0.1, -0.05) is 66.2 Å². The fraction of sp³-hybridized carbons (Fsp3) is 0.167. The fourth-order valence-electron chi connectivity index (χ4n) is 4.50. The molecule has 2 amide bonds. The van der Waals surface area contributed by atoms with Gasteiger partial charge in [0.05, 0.1) is 12.0 Å². The largest absolute Gasteiger partial charge is 0.275 e. The first kappa shape index (κ1) is 18.1. The molecule has 3 aromatic rings. The van der Waals surface area contributed by atoms with E-state index in [1.807, 2.05) is 53.5 Å². The zero-order chi connectivity index (χ0) is 20.0. The Morgan fingerprint density at radius 2 is 1.69 bits per heavy atom. The number of hydrogen-bond donors (Lipinski definition) is 0. The second-order valence-corrected chi connectivity index (χ2v) is 7.85. The standard InChI is InChI=1S/C24H19ClN2O2/c25-19-11-6-10-18(15-19)21-22-20-12-5-4-7-16(20)13-14-26(22)27(24(21)29)23(28)17-8-2-1-3-9-17/h1-12,15,21-22H,13-14H2/t21-,22-/m0/s1. The highest BCUT2D eigenvalue weighted by Crippen LogP contribution is 2.47. The molecule has 3 aromatic carbocycles. The summed E-state index contributed by atoms with van der Waals surface area (Å²) in [5.41, 5.74) is 3.66. The summed E-state index contributed by atoms with van der Waals surface area (Å²) in [6, 6.07) is 24.3. The van der Waals surface area contributed by atoms with Crippen LogP contribution < -0.4 is 0 Å². The number of amides is 2. The van der Waals surface area contributed by atoms with Gasteiger partial charge in [0.2, 0.25) is 0 Å². The maximum atomic E-state index is 13.6. The zero-order valence-corrected chi connectivity index (χ0v) is 16.4. The summed E-state index contributed by atoms with van der Waals surface area (Å²) in [5, 5.41) is 3.87. The number of carbonyl (C=O) groups is 2. The van der Waals surface area contributed by atoms with Crippen molar-refractivity contribution in [1.29, 1.82) is 0 Å². The summed E-state index contributed by atoms with van der Waals surface area (Å²) in [4.78, 5) is 26.9. The van der Waals surface area contributed by atoms with Gasteiger partial charge in [-0.15, -0.1) is 0 Å². The molecule has 4 nitrogen and oxygen atoms in total. The average Bonchev–Trinajstić information content (AvgIpc) is 3.06. The lowest BCUT2D eigenvalue weighted by molar-refractivity contribution is -0.134. The molecular weight excluding hydrogens is 384 g/mol. The number of hydrogen-bond acceptors (Lipinski definition) is 3. The summed E-state index contributed by atoms with van der Waals surface area (Å²) in [7, 11) is 0. The molecule has 0 aliphatic carbocycles. The maximum Gasteiger partial charge on any atom is 0.275 e. The molecule has 5 heteroatoms. The number of imide groups is 1. The van der Waals surface area contributed by atoms with Gasteiger partial charge in [0.1, 0.15) is 0 Å². The van der Waals surface area contributed by atoms with Gasteiger partial charge in [-0.2, -0.15) is 0 Å². The molecule has 144 valence electrons. The van der Waals surface area contributed by atoms with Gasteiger partial charge in [-0.05, 0) is 47.4 Å². The minimum Gasteiger partial charge on any atom is -0.272 e. The number of carbonyl (C=O) groups excluding carboxylic acids is 2. The molecule has 1 fully saturated rings. The van der Waals surface area contributed by atoms with Gasteiger partial charge in [-0.25, -0.2) is 10.0 Å². The van der Waals surface area contributed by atoms with Gasteiger partial charge in [-0.3, -0.25) is 9.59 Å². The molecule has 2 heterocycles. The zero-order valence-electron chi connectivity index (χ0n) is 15.7. The minimum absolute atomic E-state index is 0.206. The Morgan fingerprint density at radius 1 is 0.931 bits per heavy atom. The van der Waals surface area contributed by atoms with Crippen LogP contribution in [0.5, 0.6) is 0 Å². The summed E-state index contributed by atoms with van der Waals surface area (Å²) >= 11 is 6.24. The van der Waals surface area contributed by atoms with Gasteiger partial charge in [0.15, 0.2) is 0 Å². The lowest BCUT2D eigenvalue weighted by Gasteiger charge is -2.36. The van der Waals surface area contributed by atoms with Crippen LogP contribution in [-0.4, -0.2) is 28.4 Å². The van der Waals surface area contributed by atoms with Crippen LogP contribution in [0.2, 0.25) is 5.02 Å². The molecule has 29 heavy (non-hydrogen) atoms. The Kier molecular flexibility index (Phi) is 4.46. The van der Waals surface area contributed by atoms with Crippen molar-refractivity contribution < 1.29 is 9.59 Å². The quantitative estimate of drug-likeness (QED) is 0.587. The van der Waals surface area contributed by atoms with Crippen molar-refractivity contribution in [1.82, 2.24) is 10.0 Å². The topological polar surface area (TPSA) is 40.6 Å². The number of hydrazine groups is 1. The van der Waals surface area contributed by atoms with E-state index < -0.39 is 5.92 Å². The van der Waals surface area contributed by atoms with E-state index in [0.717, 1.165) is 17.5 Å². The molecule has 0 saturated carbocycles. The van der Waals surface area contributed by atoms with Gasteiger partial charge in [0.25, 0.3) is 11.8 Å². The van der Waals surface area contributed by atoms with E-state index in [4.69, 9.17) is 11.6 Å². The second kappa shape index (κ2) is 7.14. The van der Waals surface area contributed by atoms with Crippen molar-refractivity contribution >= 4 is 23.4 Å². The Hall–Kier alpha value is -2.95. The smallest absolute Gasteiger partial charge is 0.272 e. The SMILES string of the molecule is O=C(c1ccccc1)N1C(=O)[C@@H](c2cccc(Cl)c2)[C@@H]2c3ccccc3CCN21. The first-order chi connectivity index (χ1) is 14.1. The summed E-state index contributed by atoms with van der Waals surface area (Å²) in [5.74, 6) is -0.977. The van der Waals surface area contributed by atoms with Crippen molar-refractivity contribution in [2.75, 3.05) is 6.54 Å². The van der Waals surface area contributed by atoms with Crippen LogP contribution in [0.4, 0.5) is 0 Å². The monoisotopic (exact) mass is 402 g/mol. The Labute approximate surface area is 174 Å². The third-order valence-electron chi connectivity index (χ3n) is 5.77. The number of nitrogens with zero attached hydrogens (tertiary/aromatic N) is 2. The molecular formula is C24H19ClN2O2. The fourth-order valence-corrected chi connectivity index (χ4v) is 4.70. The lowest BCUT2D eigenvalue weighted by Crippen LogP contribution is -2.46. The molecule has 5 rings (SSSR count). The number of halogens is 1. The predicted octanol–water partition coefficient (Wildman–Crippen LogP) is 4.62. The molecule has 2 aliphatic rings. The molecule has 0 aromatic heterocycles. The number of benzene rings is 3. The predicted molar refractivity (Wildman–Crippen MR) is 111 cm³/mol. The molecule has 0 unspecified atom stereocenters. The van der Waals surface area contributed by atoms with Crippen molar-refractivity contribution in [2.45, 2.75) is 18.4 Å². The van der Waals surface area contributed by atoms with Crippen LogP contribution >= 0.6 is 11.6 Å². The lowest BCUT2D eigenvalue weighted by atomic mass is 9.83. The molecule has 0 radical (unpaired) electrons. The van der Waals surface area contributed by atoms with Gasteiger partial charge < -0.3 is 0 Å².